The first-order valence-electron chi connectivity index (χ1n) is 5.35. The van der Waals surface area contributed by atoms with Crippen LogP contribution in [0.2, 0.25) is 0 Å². The van der Waals surface area contributed by atoms with Gasteiger partial charge >= 0.3 is 0 Å². The van der Waals surface area contributed by atoms with Crippen LogP contribution in [0.3, 0.4) is 0 Å². The molecule has 0 saturated heterocycles. The van der Waals surface area contributed by atoms with Crippen LogP contribution in [0, 0.1) is 0 Å². The van der Waals surface area contributed by atoms with Gasteiger partial charge in [-0.2, -0.15) is 0 Å². The van der Waals surface area contributed by atoms with Crippen molar-refractivity contribution >= 4 is 17.7 Å². The summed E-state index contributed by atoms with van der Waals surface area (Å²) in [6.07, 6.45) is 1.26. The molecule has 0 aliphatic rings. The van der Waals surface area contributed by atoms with Crippen molar-refractivity contribution in [1.82, 2.24) is 10.6 Å². The lowest BCUT2D eigenvalue weighted by Gasteiger charge is -2.04. The topological polar surface area (TPSA) is 75.3 Å². The standard InChI is InChI=1S/C13H14N2O3/c1-9(8-14-10(2)16)12(17)15-13(18)11-6-4-3-5-7-11/h3-8H,1-2H3,(H,14,16)(H,15,17,18)/b9-8-. The van der Waals surface area contributed by atoms with Crippen molar-refractivity contribution in [3.8, 4) is 0 Å². The van der Waals surface area contributed by atoms with E-state index in [2.05, 4.69) is 10.6 Å². The van der Waals surface area contributed by atoms with Gasteiger partial charge in [0.15, 0.2) is 0 Å². The molecular formula is C13H14N2O3. The Morgan fingerprint density at radius 3 is 2.22 bits per heavy atom. The molecule has 0 aliphatic heterocycles. The van der Waals surface area contributed by atoms with Gasteiger partial charge in [0, 0.05) is 24.3 Å². The highest BCUT2D eigenvalue weighted by Crippen LogP contribution is 1.99. The SMILES string of the molecule is CC(=O)N/C=C(/C)C(=O)NC(=O)c1ccccc1. The van der Waals surface area contributed by atoms with E-state index in [1.165, 1.54) is 20.0 Å². The van der Waals surface area contributed by atoms with E-state index in [-0.39, 0.29) is 11.5 Å². The average molecular weight is 246 g/mol. The summed E-state index contributed by atoms with van der Waals surface area (Å²) in [4.78, 5) is 33.9. The molecule has 0 fully saturated rings. The number of imide groups is 1. The first kappa shape index (κ1) is 13.6. The second-order valence-corrected chi connectivity index (χ2v) is 3.68. The number of rotatable bonds is 3. The quantitative estimate of drug-likeness (QED) is 0.781. The Labute approximate surface area is 105 Å². The van der Waals surface area contributed by atoms with Crippen molar-refractivity contribution in [2.45, 2.75) is 13.8 Å². The molecule has 0 bridgehead atoms. The first-order chi connectivity index (χ1) is 8.50. The van der Waals surface area contributed by atoms with E-state index in [1.807, 2.05) is 0 Å². The molecule has 1 aromatic rings. The summed E-state index contributed by atoms with van der Waals surface area (Å²) in [7, 11) is 0. The molecule has 5 nitrogen and oxygen atoms in total. The van der Waals surface area contributed by atoms with E-state index in [0.717, 1.165) is 0 Å². The van der Waals surface area contributed by atoms with Crippen molar-refractivity contribution in [2.75, 3.05) is 0 Å². The van der Waals surface area contributed by atoms with Gasteiger partial charge in [0.25, 0.3) is 11.8 Å². The van der Waals surface area contributed by atoms with Crippen molar-refractivity contribution in [3.05, 3.63) is 47.7 Å². The minimum atomic E-state index is -0.544. The number of nitrogens with one attached hydrogen (secondary N) is 2. The lowest BCUT2D eigenvalue weighted by atomic mass is 10.2. The summed E-state index contributed by atoms with van der Waals surface area (Å²) < 4.78 is 0. The highest BCUT2D eigenvalue weighted by Gasteiger charge is 2.11. The number of hydrogen-bond donors (Lipinski definition) is 2. The monoisotopic (exact) mass is 246 g/mol. The molecule has 3 amide bonds. The molecule has 0 aromatic heterocycles. The van der Waals surface area contributed by atoms with Gasteiger partial charge in [-0.25, -0.2) is 0 Å². The average Bonchev–Trinajstić information content (AvgIpc) is 2.36. The number of hydrogen-bond acceptors (Lipinski definition) is 3. The fourth-order valence-electron chi connectivity index (χ4n) is 1.14. The molecule has 2 N–H and O–H groups in total. The van der Waals surface area contributed by atoms with Gasteiger partial charge in [-0.1, -0.05) is 18.2 Å². The van der Waals surface area contributed by atoms with Gasteiger partial charge in [-0.05, 0) is 19.1 Å². The third-order valence-corrected chi connectivity index (χ3v) is 2.11. The Bertz CT molecular complexity index is 492. The molecule has 18 heavy (non-hydrogen) atoms. The highest BCUT2D eigenvalue weighted by atomic mass is 16.2. The predicted molar refractivity (Wildman–Crippen MR) is 66.5 cm³/mol. The first-order valence-corrected chi connectivity index (χ1v) is 5.35. The van der Waals surface area contributed by atoms with E-state index in [1.54, 1.807) is 30.3 Å². The summed E-state index contributed by atoms with van der Waals surface area (Å²) in [5.41, 5.74) is 0.646. The van der Waals surface area contributed by atoms with Gasteiger partial charge in [-0.3, -0.25) is 19.7 Å². The van der Waals surface area contributed by atoms with E-state index in [0.29, 0.717) is 5.56 Å². The van der Waals surface area contributed by atoms with Crippen LogP contribution in [-0.2, 0) is 9.59 Å². The van der Waals surface area contributed by atoms with E-state index in [4.69, 9.17) is 0 Å². The molecule has 0 radical (unpaired) electrons. The second kappa shape index (κ2) is 6.34. The zero-order chi connectivity index (χ0) is 13.5. The zero-order valence-electron chi connectivity index (χ0n) is 10.2. The molecule has 1 aromatic carbocycles. The summed E-state index contributed by atoms with van der Waals surface area (Å²) in [6.45, 7) is 2.83. The number of amides is 3. The molecule has 0 atom stereocenters. The van der Waals surface area contributed by atoms with Crippen LogP contribution in [0.5, 0.6) is 0 Å². The van der Waals surface area contributed by atoms with Crippen molar-refractivity contribution in [3.63, 3.8) is 0 Å². The summed E-state index contributed by atoms with van der Waals surface area (Å²) in [6, 6.07) is 8.41. The van der Waals surface area contributed by atoms with Crippen molar-refractivity contribution in [1.29, 1.82) is 0 Å². The fraction of sp³-hybridized carbons (Fsp3) is 0.154. The summed E-state index contributed by atoms with van der Waals surface area (Å²) in [5, 5.41) is 4.59. The molecule has 1 rings (SSSR count). The van der Waals surface area contributed by atoms with E-state index in [9.17, 15) is 14.4 Å². The largest absolute Gasteiger partial charge is 0.332 e. The van der Waals surface area contributed by atoms with Crippen molar-refractivity contribution < 1.29 is 14.4 Å². The van der Waals surface area contributed by atoms with Gasteiger partial charge in [0.2, 0.25) is 5.91 Å². The number of benzene rings is 1. The smallest absolute Gasteiger partial charge is 0.258 e. The van der Waals surface area contributed by atoms with Crippen LogP contribution in [-0.4, -0.2) is 17.7 Å². The van der Waals surface area contributed by atoms with Gasteiger partial charge in [-0.15, -0.1) is 0 Å². The van der Waals surface area contributed by atoms with Crippen LogP contribution >= 0.6 is 0 Å². The van der Waals surface area contributed by atoms with Crippen LogP contribution in [0.4, 0.5) is 0 Å². The molecule has 0 unspecified atom stereocenters. The van der Waals surface area contributed by atoms with Gasteiger partial charge in [0.05, 0.1) is 0 Å². The molecule has 5 heteroatoms. The summed E-state index contributed by atoms with van der Waals surface area (Å²) >= 11 is 0. The molecule has 0 aliphatic carbocycles. The van der Waals surface area contributed by atoms with Crippen molar-refractivity contribution in [2.24, 2.45) is 0 Å². The molecule has 94 valence electrons. The Balaban J connectivity index is 2.63. The van der Waals surface area contributed by atoms with Crippen LogP contribution in [0.1, 0.15) is 24.2 Å². The van der Waals surface area contributed by atoms with Crippen LogP contribution < -0.4 is 10.6 Å². The van der Waals surface area contributed by atoms with E-state index >= 15 is 0 Å². The molecular weight excluding hydrogens is 232 g/mol. The second-order valence-electron chi connectivity index (χ2n) is 3.68. The summed E-state index contributed by atoms with van der Waals surface area (Å²) in [5.74, 6) is -1.30. The molecule has 0 saturated carbocycles. The fourth-order valence-corrected chi connectivity index (χ4v) is 1.14. The minimum absolute atomic E-state index is 0.245. The van der Waals surface area contributed by atoms with Gasteiger partial charge < -0.3 is 5.32 Å². The number of carbonyl (C=O) groups is 3. The molecule has 0 spiro atoms. The Morgan fingerprint density at radius 2 is 1.67 bits per heavy atom. The maximum Gasteiger partial charge on any atom is 0.258 e. The zero-order valence-corrected chi connectivity index (χ0v) is 10.2. The molecule has 0 heterocycles. The van der Waals surface area contributed by atoms with Crippen LogP contribution in [0.25, 0.3) is 0 Å². The highest BCUT2D eigenvalue weighted by molar-refractivity contribution is 6.09. The van der Waals surface area contributed by atoms with Gasteiger partial charge in [0.1, 0.15) is 0 Å². The third-order valence-electron chi connectivity index (χ3n) is 2.11. The normalized spacial score (nSPS) is 10.7. The predicted octanol–water partition coefficient (Wildman–Crippen LogP) is 0.983. The van der Waals surface area contributed by atoms with Crippen LogP contribution in [0.15, 0.2) is 42.1 Å². The Morgan fingerprint density at radius 1 is 1.06 bits per heavy atom. The lowest BCUT2D eigenvalue weighted by Crippen LogP contribution is -2.31. The minimum Gasteiger partial charge on any atom is -0.332 e. The van der Waals surface area contributed by atoms with E-state index < -0.39 is 11.8 Å². The third kappa shape index (κ3) is 4.21. The maximum absolute atomic E-state index is 11.7. The lowest BCUT2D eigenvalue weighted by molar-refractivity contribution is -0.118. The number of carbonyl (C=O) groups excluding carboxylic acids is 3. The maximum atomic E-state index is 11.7. The Hall–Kier alpha value is -2.43. The Kier molecular flexibility index (Phi) is 4.80.